The first-order chi connectivity index (χ1) is 15.0. The van der Waals surface area contributed by atoms with Crippen LogP contribution >= 0.6 is 11.8 Å². The van der Waals surface area contributed by atoms with Crippen molar-refractivity contribution in [1.29, 1.82) is 0 Å². The molecule has 3 aromatic carbocycles. The van der Waals surface area contributed by atoms with E-state index in [0.717, 1.165) is 5.56 Å². The van der Waals surface area contributed by atoms with E-state index in [1.807, 2.05) is 0 Å². The second-order valence-electron chi connectivity index (χ2n) is 6.34. The molecule has 0 fully saturated rings. The van der Waals surface area contributed by atoms with Crippen molar-refractivity contribution in [2.24, 2.45) is 0 Å². The number of rotatable bonds is 8. The molecule has 0 atom stereocenters. The summed E-state index contributed by atoms with van der Waals surface area (Å²) in [4.78, 5) is 24.5. The number of alkyl halides is 2. The van der Waals surface area contributed by atoms with Gasteiger partial charge in [-0.2, -0.15) is 8.78 Å². The average molecular weight is 443 g/mol. The summed E-state index contributed by atoms with van der Waals surface area (Å²) >= 11 is 0.469. The molecule has 31 heavy (non-hydrogen) atoms. The van der Waals surface area contributed by atoms with Gasteiger partial charge in [-0.15, -0.1) is 0 Å². The van der Waals surface area contributed by atoms with Gasteiger partial charge in [0.15, 0.2) is 0 Å². The van der Waals surface area contributed by atoms with Gasteiger partial charge in [-0.05, 0) is 54.1 Å². The molecule has 3 aromatic rings. The van der Waals surface area contributed by atoms with Gasteiger partial charge < -0.3 is 14.8 Å². The lowest BCUT2D eigenvalue weighted by molar-refractivity contribution is 0.0472. The molecule has 0 heterocycles. The molecule has 8 heteroatoms. The maximum Gasteiger partial charge on any atom is 0.340 e. The maximum absolute atomic E-state index is 12.6. The molecule has 0 aliphatic rings. The molecule has 160 valence electrons. The monoisotopic (exact) mass is 443 g/mol. The van der Waals surface area contributed by atoms with E-state index in [-0.39, 0.29) is 6.61 Å². The van der Waals surface area contributed by atoms with Crippen LogP contribution in [0.3, 0.4) is 0 Å². The fraction of sp³-hybridized carbons (Fsp3) is 0.130. The van der Waals surface area contributed by atoms with E-state index in [9.17, 15) is 18.4 Å². The lowest BCUT2D eigenvalue weighted by Crippen LogP contribution is -2.08. The summed E-state index contributed by atoms with van der Waals surface area (Å²) in [6.45, 7) is 0.0359. The van der Waals surface area contributed by atoms with E-state index in [2.05, 4.69) is 10.1 Å². The number of halogens is 2. The molecule has 0 aromatic heterocycles. The van der Waals surface area contributed by atoms with Crippen LogP contribution in [0.4, 0.5) is 20.2 Å². The summed E-state index contributed by atoms with van der Waals surface area (Å²) in [5, 5.41) is 3.11. The van der Waals surface area contributed by atoms with E-state index < -0.39 is 17.7 Å². The highest BCUT2D eigenvalue weighted by atomic mass is 32.2. The normalized spacial score (nSPS) is 10.6. The Morgan fingerprint density at radius 2 is 1.61 bits per heavy atom. The highest BCUT2D eigenvalue weighted by molar-refractivity contribution is 7.99. The Balaban J connectivity index is 1.65. The lowest BCUT2D eigenvalue weighted by atomic mass is 10.1. The number of anilines is 2. The summed E-state index contributed by atoms with van der Waals surface area (Å²) in [6, 6.07) is 19.9. The van der Waals surface area contributed by atoms with E-state index >= 15 is 0 Å². The largest absolute Gasteiger partial charge is 0.465 e. The topological polar surface area (TPSA) is 64.6 Å². The molecular weight excluding hydrogens is 424 g/mol. The molecule has 0 radical (unpaired) electrons. The van der Waals surface area contributed by atoms with Gasteiger partial charge in [0.2, 0.25) is 0 Å². The molecule has 0 aliphatic heterocycles. The number of methoxy groups -OCH3 is 1. The summed E-state index contributed by atoms with van der Waals surface area (Å²) < 4.78 is 35.0. The van der Waals surface area contributed by atoms with Crippen LogP contribution in [-0.4, -0.2) is 24.8 Å². The minimum absolute atomic E-state index is 0.0359. The Morgan fingerprint density at radius 1 is 0.935 bits per heavy atom. The van der Waals surface area contributed by atoms with Crippen LogP contribution in [0.1, 0.15) is 26.3 Å². The molecule has 3 rings (SSSR count). The Labute approximate surface area is 182 Å². The molecule has 0 bridgehead atoms. The number of esters is 2. The van der Waals surface area contributed by atoms with Gasteiger partial charge in [0.25, 0.3) is 5.76 Å². The van der Waals surface area contributed by atoms with E-state index in [1.54, 1.807) is 72.8 Å². The van der Waals surface area contributed by atoms with Gasteiger partial charge in [0, 0.05) is 10.6 Å². The second-order valence-corrected chi connectivity index (χ2v) is 7.40. The standard InChI is InChI=1S/C23H19F2NO4S/c1-29-21(27)16-8-6-15(7-9-16)14-30-22(28)19-4-2-3-5-20(19)26-17-10-12-18(13-11-17)31-23(24)25/h2-13,23,26H,14H2,1H3. The van der Waals surface area contributed by atoms with Crippen molar-refractivity contribution >= 4 is 35.1 Å². The predicted octanol–water partition coefficient (Wildman–Crippen LogP) is 5.89. The van der Waals surface area contributed by atoms with Gasteiger partial charge in [-0.3, -0.25) is 0 Å². The molecule has 0 aliphatic carbocycles. The maximum atomic E-state index is 12.6. The van der Waals surface area contributed by atoms with E-state index in [0.29, 0.717) is 39.2 Å². The third kappa shape index (κ3) is 6.29. The highest BCUT2D eigenvalue weighted by Crippen LogP contribution is 2.28. The van der Waals surface area contributed by atoms with Gasteiger partial charge in [0.1, 0.15) is 6.61 Å². The minimum Gasteiger partial charge on any atom is -0.465 e. The number of para-hydroxylation sites is 1. The van der Waals surface area contributed by atoms with Crippen LogP contribution in [0.5, 0.6) is 0 Å². The fourth-order valence-corrected chi connectivity index (χ4v) is 3.23. The zero-order valence-corrected chi connectivity index (χ0v) is 17.3. The first-order valence-corrected chi connectivity index (χ1v) is 10.1. The zero-order valence-electron chi connectivity index (χ0n) is 16.5. The average Bonchev–Trinajstić information content (AvgIpc) is 2.78. The summed E-state index contributed by atoms with van der Waals surface area (Å²) in [5.41, 5.74) is 2.64. The number of carbonyl (C=O) groups excluding carboxylic acids is 2. The number of thioether (sulfide) groups is 1. The van der Waals surface area contributed by atoms with Crippen molar-refractivity contribution in [2.75, 3.05) is 12.4 Å². The first-order valence-electron chi connectivity index (χ1n) is 9.21. The van der Waals surface area contributed by atoms with Crippen LogP contribution in [0.15, 0.2) is 77.7 Å². The second kappa shape index (κ2) is 10.6. The number of hydrogen-bond acceptors (Lipinski definition) is 6. The number of benzene rings is 3. The molecule has 0 saturated carbocycles. The quantitative estimate of drug-likeness (QED) is 0.346. The van der Waals surface area contributed by atoms with Gasteiger partial charge >= 0.3 is 11.9 Å². The Kier molecular flexibility index (Phi) is 7.61. The summed E-state index contributed by atoms with van der Waals surface area (Å²) in [6.07, 6.45) is 0. The number of hydrogen-bond donors (Lipinski definition) is 1. The Morgan fingerprint density at radius 3 is 2.26 bits per heavy atom. The molecule has 0 spiro atoms. The summed E-state index contributed by atoms with van der Waals surface area (Å²) in [7, 11) is 1.31. The summed E-state index contributed by atoms with van der Waals surface area (Å²) in [5.74, 6) is -3.44. The van der Waals surface area contributed by atoms with Crippen LogP contribution in [0.25, 0.3) is 0 Å². The van der Waals surface area contributed by atoms with Crippen LogP contribution < -0.4 is 5.32 Å². The molecule has 1 N–H and O–H groups in total. The first kappa shape index (κ1) is 22.3. The molecule has 5 nitrogen and oxygen atoms in total. The van der Waals surface area contributed by atoms with Crippen molar-refractivity contribution in [2.45, 2.75) is 17.3 Å². The molecule has 0 saturated heterocycles. The van der Waals surface area contributed by atoms with Gasteiger partial charge in [-0.1, -0.05) is 36.0 Å². The van der Waals surface area contributed by atoms with E-state index in [1.165, 1.54) is 7.11 Å². The highest BCUT2D eigenvalue weighted by Gasteiger charge is 2.14. The van der Waals surface area contributed by atoms with Crippen LogP contribution in [0, 0.1) is 0 Å². The van der Waals surface area contributed by atoms with Gasteiger partial charge in [-0.25, -0.2) is 9.59 Å². The minimum atomic E-state index is -2.48. The number of nitrogens with one attached hydrogen (secondary N) is 1. The molecule has 0 unspecified atom stereocenters. The Bertz CT molecular complexity index is 1040. The number of carbonyl (C=O) groups is 2. The SMILES string of the molecule is COC(=O)c1ccc(COC(=O)c2ccccc2Nc2ccc(SC(F)F)cc2)cc1. The molecular formula is C23H19F2NO4S. The van der Waals surface area contributed by atoms with Crippen molar-refractivity contribution in [3.63, 3.8) is 0 Å². The Hall–Kier alpha value is -3.39. The van der Waals surface area contributed by atoms with E-state index in [4.69, 9.17) is 4.74 Å². The fourth-order valence-electron chi connectivity index (χ4n) is 2.73. The van der Waals surface area contributed by atoms with Crippen molar-refractivity contribution in [1.82, 2.24) is 0 Å². The van der Waals surface area contributed by atoms with Crippen molar-refractivity contribution in [3.8, 4) is 0 Å². The zero-order chi connectivity index (χ0) is 22.2. The predicted molar refractivity (Wildman–Crippen MR) is 115 cm³/mol. The van der Waals surface area contributed by atoms with Crippen molar-refractivity contribution < 1.29 is 27.8 Å². The van der Waals surface area contributed by atoms with Crippen molar-refractivity contribution in [3.05, 3.63) is 89.5 Å². The van der Waals surface area contributed by atoms with Gasteiger partial charge in [0.05, 0.1) is 23.9 Å². The third-order valence-electron chi connectivity index (χ3n) is 4.25. The smallest absolute Gasteiger partial charge is 0.340 e. The van der Waals surface area contributed by atoms with Crippen LogP contribution in [0.2, 0.25) is 0 Å². The van der Waals surface area contributed by atoms with Crippen LogP contribution in [-0.2, 0) is 16.1 Å². The molecule has 0 amide bonds. The number of ether oxygens (including phenoxy) is 2. The lowest BCUT2D eigenvalue weighted by Gasteiger charge is -2.12. The third-order valence-corrected chi connectivity index (χ3v) is 4.97.